The van der Waals surface area contributed by atoms with Gasteiger partial charge in [0, 0.05) is 23.0 Å². The van der Waals surface area contributed by atoms with Crippen LogP contribution >= 0.6 is 15.9 Å². The molecule has 0 atom stereocenters. The van der Waals surface area contributed by atoms with Gasteiger partial charge in [0.15, 0.2) is 0 Å². The summed E-state index contributed by atoms with van der Waals surface area (Å²) in [5, 5.41) is 0. The monoisotopic (exact) mass is 323 g/mol. The van der Waals surface area contributed by atoms with E-state index in [4.69, 9.17) is 0 Å². The molecule has 1 saturated heterocycles. The molecule has 0 radical (unpaired) electrons. The Morgan fingerprint density at radius 1 is 1.11 bits per heavy atom. The van der Waals surface area contributed by atoms with Gasteiger partial charge in [-0.2, -0.15) is 0 Å². The molecule has 1 heterocycles. The zero-order chi connectivity index (χ0) is 14.0. The van der Waals surface area contributed by atoms with Crippen molar-refractivity contribution in [3.05, 3.63) is 27.7 Å². The second-order valence-electron chi connectivity index (χ2n) is 6.27. The average molecular weight is 324 g/mol. The van der Waals surface area contributed by atoms with Gasteiger partial charge in [-0.3, -0.25) is 0 Å². The van der Waals surface area contributed by atoms with Crippen LogP contribution in [0.1, 0.15) is 50.7 Å². The van der Waals surface area contributed by atoms with E-state index >= 15 is 0 Å². The van der Waals surface area contributed by atoms with E-state index in [1.54, 1.807) is 0 Å². The molecule has 106 valence electrons. The number of hydrogen-bond acceptors (Lipinski definition) is 1. The molecule has 0 spiro atoms. The van der Waals surface area contributed by atoms with Gasteiger partial charge in [0.2, 0.25) is 0 Å². The summed E-state index contributed by atoms with van der Waals surface area (Å²) >= 11 is 3.75. The van der Waals surface area contributed by atoms with Crippen molar-refractivity contribution in [2.24, 2.45) is 5.41 Å². The Bertz CT molecular complexity index is 416. The van der Waals surface area contributed by atoms with Crippen molar-refractivity contribution in [2.75, 3.05) is 18.0 Å². The quantitative estimate of drug-likeness (QED) is 0.694. The Labute approximate surface area is 126 Å². The molecular weight excluding hydrogens is 298 g/mol. The average Bonchev–Trinajstić information content (AvgIpc) is 2.25. The number of rotatable bonds is 5. The summed E-state index contributed by atoms with van der Waals surface area (Å²) in [5.74, 6) is 0. The molecule has 0 aromatic heterocycles. The maximum absolute atomic E-state index is 3.75. The minimum absolute atomic E-state index is 0.584. The molecule has 0 saturated carbocycles. The Balaban J connectivity index is 2.15. The first-order chi connectivity index (χ1) is 9.01. The number of anilines is 1. The van der Waals surface area contributed by atoms with Gasteiger partial charge in [0.05, 0.1) is 5.69 Å². The van der Waals surface area contributed by atoms with E-state index in [9.17, 15) is 0 Å². The van der Waals surface area contributed by atoms with E-state index in [0.29, 0.717) is 5.41 Å². The number of halogens is 1. The predicted octanol–water partition coefficient (Wildman–Crippen LogP) is 5.47. The third-order valence-corrected chi connectivity index (χ3v) is 4.93. The van der Waals surface area contributed by atoms with Gasteiger partial charge >= 0.3 is 0 Å². The van der Waals surface area contributed by atoms with E-state index in [-0.39, 0.29) is 0 Å². The summed E-state index contributed by atoms with van der Waals surface area (Å²) in [6.45, 7) is 11.5. The highest BCUT2D eigenvalue weighted by atomic mass is 79.9. The van der Waals surface area contributed by atoms with Crippen LogP contribution in [-0.4, -0.2) is 13.1 Å². The molecule has 2 heteroatoms. The van der Waals surface area contributed by atoms with Gasteiger partial charge in [-0.1, -0.05) is 32.8 Å². The van der Waals surface area contributed by atoms with Crippen LogP contribution in [0, 0.1) is 19.3 Å². The summed E-state index contributed by atoms with van der Waals surface area (Å²) in [5.41, 5.74) is 4.73. The fourth-order valence-corrected chi connectivity index (χ4v) is 4.66. The maximum Gasteiger partial charge on any atom is 0.0540 e. The first kappa shape index (κ1) is 14.9. The van der Waals surface area contributed by atoms with E-state index < -0.39 is 0 Å². The summed E-state index contributed by atoms with van der Waals surface area (Å²) in [6.07, 6.45) is 5.36. The molecule has 1 aromatic rings. The van der Waals surface area contributed by atoms with E-state index in [0.717, 1.165) is 0 Å². The molecule has 0 aliphatic carbocycles. The highest BCUT2D eigenvalue weighted by Crippen LogP contribution is 2.45. The van der Waals surface area contributed by atoms with E-state index in [2.05, 4.69) is 60.7 Å². The number of aryl methyl sites for hydroxylation is 2. The minimum Gasteiger partial charge on any atom is -0.369 e. The van der Waals surface area contributed by atoms with Gasteiger partial charge in [-0.25, -0.2) is 0 Å². The van der Waals surface area contributed by atoms with Gasteiger partial charge in [-0.05, 0) is 59.8 Å². The lowest BCUT2D eigenvalue weighted by atomic mass is 9.72. The predicted molar refractivity (Wildman–Crippen MR) is 88.1 cm³/mol. The Hall–Kier alpha value is -0.500. The SMILES string of the molecule is CCCC1(CCC)CN(c2c(C)cc(C)cc2Br)C1. The highest BCUT2D eigenvalue weighted by Gasteiger charge is 2.42. The van der Waals surface area contributed by atoms with Crippen LogP contribution in [0.25, 0.3) is 0 Å². The van der Waals surface area contributed by atoms with Crippen LogP contribution in [0.3, 0.4) is 0 Å². The summed E-state index contributed by atoms with van der Waals surface area (Å²) in [7, 11) is 0. The Morgan fingerprint density at radius 2 is 1.68 bits per heavy atom. The highest BCUT2D eigenvalue weighted by molar-refractivity contribution is 9.10. The molecule has 0 N–H and O–H groups in total. The van der Waals surface area contributed by atoms with Gasteiger partial charge < -0.3 is 4.90 Å². The maximum atomic E-state index is 3.75. The summed E-state index contributed by atoms with van der Waals surface area (Å²) in [6, 6.07) is 4.53. The Kier molecular flexibility index (Phi) is 4.60. The van der Waals surface area contributed by atoms with E-state index in [1.165, 1.54) is 60.1 Å². The minimum atomic E-state index is 0.584. The van der Waals surface area contributed by atoms with Crippen molar-refractivity contribution in [3.8, 4) is 0 Å². The third-order valence-electron chi connectivity index (χ3n) is 4.33. The standard InChI is InChI=1S/C17H26BrN/c1-5-7-17(8-6-2)11-19(12-17)16-14(4)9-13(3)10-15(16)18/h9-10H,5-8,11-12H2,1-4H3. The number of nitrogens with zero attached hydrogens (tertiary/aromatic N) is 1. The van der Waals surface area contributed by atoms with E-state index in [1.807, 2.05) is 0 Å². The lowest BCUT2D eigenvalue weighted by Crippen LogP contribution is -2.56. The molecular formula is C17H26BrN. The lowest BCUT2D eigenvalue weighted by Gasteiger charge is -2.52. The summed E-state index contributed by atoms with van der Waals surface area (Å²) in [4.78, 5) is 2.56. The molecule has 1 aliphatic rings. The molecule has 2 rings (SSSR count). The van der Waals surface area contributed by atoms with Crippen molar-refractivity contribution in [1.29, 1.82) is 0 Å². The topological polar surface area (TPSA) is 3.24 Å². The molecule has 1 aliphatic heterocycles. The molecule has 0 bridgehead atoms. The fourth-order valence-electron chi connectivity index (χ4n) is 3.73. The van der Waals surface area contributed by atoms with Crippen molar-refractivity contribution in [3.63, 3.8) is 0 Å². The molecule has 19 heavy (non-hydrogen) atoms. The normalized spacial score (nSPS) is 17.4. The van der Waals surface area contributed by atoms with Crippen molar-refractivity contribution >= 4 is 21.6 Å². The number of hydrogen-bond donors (Lipinski definition) is 0. The molecule has 0 amide bonds. The van der Waals surface area contributed by atoms with Crippen LogP contribution in [0.4, 0.5) is 5.69 Å². The number of benzene rings is 1. The Morgan fingerprint density at radius 3 is 2.16 bits per heavy atom. The molecule has 1 fully saturated rings. The first-order valence-corrected chi connectivity index (χ1v) is 8.32. The van der Waals surface area contributed by atoms with Crippen molar-refractivity contribution < 1.29 is 0 Å². The van der Waals surface area contributed by atoms with Crippen LogP contribution in [-0.2, 0) is 0 Å². The molecule has 1 nitrogen and oxygen atoms in total. The fraction of sp³-hybridized carbons (Fsp3) is 0.647. The van der Waals surface area contributed by atoms with Gasteiger partial charge in [-0.15, -0.1) is 0 Å². The molecule has 1 aromatic carbocycles. The largest absolute Gasteiger partial charge is 0.369 e. The van der Waals surface area contributed by atoms with Crippen LogP contribution in [0.5, 0.6) is 0 Å². The first-order valence-electron chi connectivity index (χ1n) is 7.53. The van der Waals surface area contributed by atoms with Gasteiger partial charge in [0.25, 0.3) is 0 Å². The molecule has 0 unspecified atom stereocenters. The van der Waals surface area contributed by atoms with Crippen LogP contribution in [0.15, 0.2) is 16.6 Å². The van der Waals surface area contributed by atoms with Crippen molar-refractivity contribution in [2.45, 2.75) is 53.4 Å². The van der Waals surface area contributed by atoms with Crippen LogP contribution < -0.4 is 4.90 Å². The van der Waals surface area contributed by atoms with Gasteiger partial charge in [0.1, 0.15) is 0 Å². The zero-order valence-corrected chi connectivity index (χ0v) is 14.3. The second-order valence-corrected chi connectivity index (χ2v) is 7.12. The second kappa shape index (κ2) is 5.87. The third kappa shape index (κ3) is 2.99. The lowest BCUT2D eigenvalue weighted by molar-refractivity contribution is 0.173. The summed E-state index contributed by atoms with van der Waals surface area (Å²) < 4.78 is 1.26. The van der Waals surface area contributed by atoms with Crippen LogP contribution in [0.2, 0.25) is 0 Å². The zero-order valence-electron chi connectivity index (χ0n) is 12.7. The van der Waals surface area contributed by atoms with Crippen molar-refractivity contribution in [1.82, 2.24) is 0 Å². The smallest absolute Gasteiger partial charge is 0.0540 e.